The van der Waals surface area contributed by atoms with E-state index in [1.165, 1.54) is 18.5 Å². The van der Waals surface area contributed by atoms with Gasteiger partial charge in [0, 0.05) is 30.3 Å². The van der Waals surface area contributed by atoms with E-state index < -0.39 is 4.92 Å². The molecule has 0 saturated heterocycles. The van der Waals surface area contributed by atoms with Gasteiger partial charge < -0.3 is 9.47 Å². The Hall–Kier alpha value is -3.95. The highest BCUT2D eigenvalue weighted by molar-refractivity contribution is 6.14. The van der Waals surface area contributed by atoms with E-state index in [0.717, 1.165) is 16.7 Å². The second kappa shape index (κ2) is 6.83. The van der Waals surface area contributed by atoms with E-state index >= 15 is 0 Å². The zero-order valence-electron chi connectivity index (χ0n) is 16.3. The maximum absolute atomic E-state index is 11.1. The van der Waals surface area contributed by atoms with Crippen LogP contribution in [-0.2, 0) is 13.5 Å². The first-order chi connectivity index (χ1) is 14.5. The van der Waals surface area contributed by atoms with Crippen LogP contribution in [0.1, 0.15) is 23.6 Å². The summed E-state index contributed by atoms with van der Waals surface area (Å²) in [5, 5.41) is 22.0. The summed E-state index contributed by atoms with van der Waals surface area (Å²) < 4.78 is 12.8. The lowest BCUT2D eigenvalue weighted by Gasteiger charge is -2.23. The molecular formula is C20H18N6O4. The van der Waals surface area contributed by atoms with Crippen molar-refractivity contribution in [3.8, 4) is 11.5 Å². The number of anilines is 1. The van der Waals surface area contributed by atoms with Gasteiger partial charge in [0.1, 0.15) is 6.33 Å². The highest BCUT2D eigenvalue weighted by Crippen LogP contribution is 2.38. The molecule has 152 valence electrons. The quantitative estimate of drug-likeness (QED) is 0.486. The van der Waals surface area contributed by atoms with E-state index in [4.69, 9.17) is 14.6 Å². The zero-order valence-corrected chi connectivity index (χ0v) is 16.3. The average molecular weight is 406 g/mol. The first-order valence-electron chi connectivity index (χ1n) is 9.41. The van der Waals surface area contributed by atoms with Crippen molar-refractivity contribution in [1.29, 1.82) is 0 Å². The molecule has 1 atom stereocenters. The van der Waals surface area contributed by atoms with Crippen LogP contribution in [0.15, 0.2) is 47.8 Å². The summed E-state index contributed by atoms with van der Waals surface area (Å²) in [7, 11) is 1.81. The van der Waals surface area contributed by atoms with E-state index in [9.17, 15) is 10.1 Å². The number of nitro groups is 1. The summed E-state index contributed by atoms with van der Waals surface area (Å²) in [5.41, 5.74) is 3.39. The van der Waals surface area contributed by atoms with Crippen LogP contribution in [0, 0.1) is 10.1 Å². The van der Waals surface area contributed by atoms with Crippen molar-refractivity contribution < 1.29 is 14.4 Å². The van der Waals surface area contributed by atoms with Gasteiger partial charge in [-0.25, -0.2) is 9.69 Å². The molecule has 5 rings (SSSR count). The Labute approximate surface area is 171 Å². The summed E-state index contributed by atoms with van der Waals surface area (Å²) >= 11 is 0. The second-order valence-electron chi connectivity index (χ2n) is 7.20. The summed E-state index contributed by atoms with van der Waals surface area (Å²) in [6.07, 6.45) is 2.18. The molecule has 1 unspecified atom stereocenters. The van der Waals surface area contributed by atoms with Crippen molar-refractivity contribution in [3.63, 3.8) is 0 Å². The van der Waals surface area contributed by atoms with Crippen LogP contribution in [0.3, 0.4) is 0 Å². The molecule has 2 aliphatic rings. The molecule has 0 bridgehead atoms. The van der Waals surface area contributed by atoms with E-state index in [1.54, 1.807) is 16.8 Å². The minimum atomic E-state index is -0.418. The van der Waals surface area contributed by atoms with Gasteiger partial charge in [-0.3, -0.25) is 10.1 Å². The number of fused-ring (bicyclic) bond motifs is 2. The van der Waals surface area contributed by atoms with Gasteiger partial charge in [0.05, 0.1) is 16.7 Å². The number of aromatic nitrogens is 3. The lowest BCUT2D eigenvalue weighted by atomic mass is 9.94. The molecule has 0 fully saturated rings. The molecular weight excluding hydrogens is 388 g/mol. The molecule has 0 radical (unpaired) electrons. The summed E-state index contributed by atoms with van der Waals surface area (Å²) in [5.74, 6) is 1.97. The summed E-state index contributed by atoms with van der Waals surface area (Å²) in [4.78, 5) is 15.0. The Morgan fingerprint density at radius 2 is 1.90 bits per heavy atom. The molecule has 3 heterocycles. The highest BCUT2D eigenvalue weighted by atomic mass is 16.7. The van der Waals surface area contributed by atoms with Gasteiger partial charge in [0.2, 0.25) is 12.7 Å². The fourth-order valence-corrected chi connectivity index (χ4v) is 3.73. The van der Waals surface area contributed by atoms with E-state index in [2.05, 4.69) is 17.0 Å². The van der Waals surface area contributed by atoms with E-state index in [0.29, 0.717) is 29.6 Å². The predicted octanol–water partition coefficient (Wildman–Crippen LogP) is 2.66. The molecule has 0 amide bonds. The Bertz CT molecular complexity index is 1170. The number of ether oxygens (including phenoxy) is 2. The van der Waals surface area contributed by atoms with Crippen molar-refractivity contribution in [3.05, 3.63) is 69.5 Å². The number of nitro benzene ring substituents is 1. The Morgan fingerprint density at radius 3 is 2.57 bits per heavy atom. The monoisotopic (exact) mass is 406 g/mol. The van der Waals surface area contributed by atoms with Gasteiger partial charge in [-0.2, -0.15) is 15.2 Å². The van der Waals surface area contributed by atoms with Crippen LogP contribution in [0.2, 0.25) is 0 Å². The topological polar surface area (TPSA) is 108 Å². The van der Waals surface area contributed by atoms with Crippen LogP contribution in [0.25, 0.3) is 0 Å². The van der Waals surface area contributed by atoms with Gasteiger partial charge in [0.25, 0.3) is 5.69 Å². The van der Waals surface area contributed by atoms with Gasteiger partial charge in [-0.1, -0.05) is 0 Å². The second-order valence-corrected chi connectivity index (χ2v) is 7.20. The number of benzene rings is 2. The third kappa shape index (κ3) is 2.93. The number of hydrazone groups is 1. The SMILES string of the molecule is CC1Cc2cc3c(cc2C(c2ccc([N+](=O)[O-])cc2)=NN1c1ncnn1C)OCO3. The molecule has 0 N–H and O–H groups in total. The lowest BCUT2D eigenvalue weighted by molar-refractivity contribution is -0.384. The van der Waals surface area contributed by atoms with Crippen LogP contribution in [0.4, 0.5) is 11.6 Å². The smallest absolute Gasteiger partial charge is 0.269 e. The first kappa shape index (κ1) is 18.1. The van der Waals surface area contributed by atoms with E-state index in [-0.39, 0.29) is 18.5 Å². The number of rotatable bonds is 3. The summed E-state index contributed by atoms with van der Waals surface area (Å²) in [6, 6.07) is 10.3. The molecule has 0 spiro atoms. The van der Waals surface area contributed by atoms with Gasteiger partial charge >= 0.3 is 0 Å². The molecule has 3 aromatic rings. The number of aryl methyl sites for hydroxylation is 1. The van der Waals surface area contributed by atoms with E-state index in [1.807, 2.05) is 24.2 Å². The lowest BCUT2D eigenvalue weighted by Crippen LogP contribution is -2.31. The minimum Gasteiger partial charge on any atom is -0.454 e. The molecule has 10 nitrogen and oxygen atoms in total. The molecule has 2 aromatic carbocycles. The largest absolute Gasteiger partial charge is 0.454 e. The number of nitrogens with zero attached hydrogens (tertiary/aromatic N) is 6. The maximum Gasteiger partial charge on any atom is 0.269 e. The van der Waals surface area contributed by atoms with Crippen LogP contribution < -0.4 is 14.5 Å². The van der Waals surface area contributed by atoms with Gasteiger partial charge in [-0.15, -0.1) is 0 Å². The predicted molar refractivity (Wildman–Crippen MR) is 108 cm³/mol. The number of non-ortho nitro benzene ring substituents is 1. The highest BCUT2D eigenvalue weighted by Gasteiger charge is 2.29. The van der Waals surface area contributed by atoms with Crippen molar-refractivity contribution in [2.24, 2.45) is 12.1 Å². The molecule has 10 heteroatoms. The van der Waals surface area contributed by atoms with Crippen molar-refractivity contribution in [2.45, 2.75) is 19.4 Å². The van der Waals surface area contributed by atoms with Crippen molar-refractivity contribution >= 4 is 17.3 Å². The number of hydrogen-bond donors (Lipinski definition) is 0. The summed E-state index contributed by atoms with van der Waals surface area (Å²) in [6.45, 7) is 2.24. The minimum absolute atomic E-state index is 0.0115. The fourth-order valence-electron chi connectivity index (χ4n) is 3.73. The normalized spacial score (nSPS) is 17.3. The first-order valence-corrected chi connectivity index (χ1v) is 9.41. The van der Waals surface area contributed by atoms with Crippen molar-refractivity contribution in [1.82, 2.24) is 14.8 Å². The van der Waals surface area contributed by atoms with Crippen LogP contribution in [-0.4, -0.2) is 38.2 Å². The van der Waals surface area contributed by atoms with Crippen LogP contribution >= 0.6 is 0 Å². The Morgan fingerprint density at radius 1 is 1.17 bits per heavy atom. The fraction of sp³-hybridized carbons (Fsp3) is 0.250. The average Bonchev–Trinajstić information content (AvgIpc) is 3.33. The van der Waals surface area contributed by atoms with Crippen LogP contribution in [0.5, 0.6) is 11.5 Å². The third-order valence-electron chi connectivity index (χ3n) is 5.24. The molecule has 0 saturated carbocycles. The standard InChI is InChI=1S/C20H18N6O4/c1-12-7-14-8-17-18(30-11-29-17)9-16(14)19(13-3-5-15(6-4-13)26(27)28)23-25(12)20-21-10-22-24(20)2/h3-6,8-10,12H,7,11H2,1-2H3. The van der Waals surface area contributed by atoms with Crippen molar-refractivity contribution in [2.75, 3.05) is 11.8 Å². The third-order valence-corrected chi connectivity index (χ3v) is 5.24. The molecule has 2 aliphatic heterocycles. The molecule has 1 aromatic heterocycles. The molecule has 0 aliphatic carbocycles. The van der Waals surface area contributed by atoms with Gasteiger partial charge in [-0.05, 0) is 43.2 Å². The Balaban J connectivity index is 1.70. The van der Waals surface area contributed by atoms with Gasteiger partial charge in [0.15, 0.2) is 11.5 Å². The Kier molecular flexibility index (Phi) is 4.12. The maximum atomic E-state index is 11.1. The zero-order chi connectivity index (χ0) is 20.8. The molecule has 30 heavy (non-hydrogen) atoms. The number of hydrogen-bond acceptors (Lipinski definition) is 8.